The summed E-state index contributed by atoms with van der Waals surface area (Å²) in [6.07, 6.45) is -5.39. The van der Waals surface area contributed by atoms with Gasteiger partial charge in [-0.1, -0.05) is 93.6 Å². The number of rotatable bonds is 24. The highest BCUT2D eigenvalue weighted by Crippen LogP contribution is 2.54. The van der Waals surface area contributed by atoms with Crippen molar-refractivity contribution in [2.75, 3.05) is 51.8 Å². The number of carbonyl (C=O) groups is 1. The fourth-order valence-corrected chi connectivity index (χ4v) is 11.2. The number of anilines is 2. The molecule has 24 nitrogen and oxygen atoms in total. The van der Waals surface area contributed by atoms with Gasteiger partial charge in [0, 0.05) is 31.7 Å². The summed E-state index contributed by atoms with van der Waals surface area (Å²) in [4.78, 5) is 72.4. The van der Waals surface area contributed by atoms with E-state index >= 15 is 0 Å². The molecule has 4 heterocycles. The van der Waals surface area contributed by atoms with E-state index in [9.17, 15) is 33.9 Å². The second kappa shape index (κ2) is 25.2. The van der Waals surface area contributed by atoms with Crippen LogP contribution >= 0.6 is 7.82 Å². The number of aromatic amines is 2. The number of aryl methyl sites for hydroxylation is 1. The van der Waals surface area contributed by atoms with Gasteiger partial charge in [-0.2, -0.15) is 4.98 Å². The van der Waals surface area contributed by atoms with Crippen LogP contribution < -0.4 is 41.7 Å². The maximum atomic E-state index is 15.0. The summed E-state index contributed by atoms with van der Waals surface area (Å²) < 4.78 is 78.0. The first-order chi connectivity index (χ1) is 38.5. The standard InChI is InChI=1S/C55H66N7O17PSi/c1-34-30-61(53(66)60-50(34)64)47-29-42(44(77-47)32-75-81(8,9)54(2,3)4)79-80(69,72-7)74-31-43-41(78-55(35-16-12-10-13-17-35,36-20-24-38(70-5)25-21-36)37-22-26-39(71-6)27-23-37)28-46(76-43)57-49-48(62(67)68)51(65)59-52(58-49)56-45(63)33-73-40-18-14-11-15-19-40/h10-27,30,41-44,46-47H,28-29,31-33H2,1-9H3,(H,60,64,66)(H3,56,57,58,59,63,65)/t41-,42-,43+,44+,46+,47+,80?/m0/s1. The average molecular weight is 1160 g/mol. The Morgan fingerprint density at radius 1 is 0.802 bits per heavy atom. The quantitative estimate of drug-likeness (QED) is 0.0147. The largest absolute Gasteiger partial charge is 0.497 e. The van der Waals surface area contributed by atoms with Crippen molar-refractivity contribution >= 4 is 39.5 Å². The summed E-state index contributed by atoms with van der Waals surface area (Å²) in [5.41, 5.74) is -2.81. The summed E-state index contributed by atoms with van der Waals surface area (Å²) in [5, 5.41) is 17.7. The van der Waals surface area contributed by atoms with Crippen molar-refractivity contribution in [1.82, 2.24) is 19.5 Å². The Morgan fingerprint density at radius 3 is 1.98 bits per heavy atom. The molecule has 2 aliphatic heterocycles. The number of benzene rings is 4. The van der Waals surface area contributed by atoms with E-state index in [0.29, 0.717) is 33.9 Å². The number of ether oxygens (including phenoxy) is 6. The maximum absolute atomic E-state index is 15.0. The van der Waals surface area contributed by atoms with Crippen LogP contribution in [0, 0.1) is 17.0 Å². The normalized spacial score (nSPS) is 20.1. The van der Waals surface area contributed by atoms with Crippen LogP contribution in [0.25, 0.3) is 0 Å². The molecular weight excluding hydrogens is 1090 g/mol. The van der Waals surface area contributed by atoms with Crippen LogP contribution in [0.3, 0.4) is 0 Å². The van der Waals surface area contributed by atoms with Crippen LogP contribution in [0.4, 0.5) is 17.5 Å². The number of phosphoric ester groups is 1. The third-order valence-electron chi connectivity index (χ3n) is 14.4. The second-order valence-corrected chi connectivity index (χ2v) is 27.2. The lowest BCUT2D eigenvalue weighted by Gasteiger charge is -2.39. The van der Waals surface area contributed by atoms with Gasteiger partial charge in [-0.3, -0.25) is 57.9 Å². The summed E-state index contributed by atoms with van der Waals surface area (Å²) in [6, 6.07) is 32.3. The van der Waals surface area contributed by atoms with Gasteiger partial charge in [0.1, 0.15) is 53.6 Å². The zero-order valence-electron chi connectivity index (χ0n) is 46.2. The molecule has 2 aliphatic rings. The smallest absolute Gasteiger partial charge is 0.474 e. The number of para-hydroxylation sites is 1. The molecule has 0 radical (unpaired) electrons. The van der Waals surface area contributed by atoms with E-state index in [1.165, 1.54) is 10.8 Å². The zero-order chi connectivity index (χ0) is 58.3. The molecule has 1 unspecified atom stereocenters. The minimum Gasteiger partial charge on any atom is -0.497 e. The molecule has 26 heteroatoms. The number of nitrogens with zero attached hydrogens (tertiary/aromatic N) is 3. The Morgan fingerprint density at radius 2 is 1.40 bits per heavy atom. The van der Waals surface area contributed by atoms with Crippen LogP contribution in [0.2, 0.25) is 18.1 Å². The van der Waals surface area contributed by atoms with Gasteiger partial charge in [-0.05, 0) is 78.1 Å². The predicted molar refractivity (Wildman–Crippen MR) is 299 cm³/mol. The minimum absolute atomic E-state index is 0.0267. The highest BCUT2D eigenvalue weighted by atomic mass is 31.2. The van der Waals surface area contributed by atoms with E-state index in [-0.39, 0.29) is 30.1 Å². The van der Waals surface area contributed by atoms with Gasteiger partial charge in [-0.15, -0.1) is 0 Å². The molecule has 0 saturated carbocycles. The van der Waals surface area contributed by atoms with Crippen molar-refractivity contribution in [3.05, 3.63) is 179 Å². The Labute approximate surface area is 467 Å². The topological polar surface area (TPSA) is 294 Å². The van der Waals surface area contributed by atoms with Crippen LogP contribution in [0.15, 0.2) is 130 Å². The average Bonchev–Trinajstić information content (AvgIpc) is 4.21. The number of hydrogen-bond acceptors (Lipinski definition) is 19. The molecule has 7 atom stereocenters. The molecule has 4 N–H and O–H groups in total. The van der Waals surface area contributed by atoms with E-state index in [1.807, 2.05) is 54.6 Å². The van der Waals surface area contributed by atoms with Crippen molar-refractivity contribution in [2.45, 2.75) is 101 Å². The van der Waals surface area contributed by atoms with Gasteiger partial charge < -0.3 is 38.2 Å². The summed E-state index contributed by atoms with van der Waals surface area (Å²) in [6.45, 7) is 10.8. The van der Waals surface area contributed by atoms with E-state index in [4.69, 9.17) is 46.4 Å². The van der Waals surface area contributed by atoms with Crippen LogP contribution in [-0.4, -0.2) is 110 Å². The number of methoxy groups -OCH3 is 2. The summed E-state index contributed by atoms with van der Waals surface area (Å²) in [5.74, 6) is -0.232. The highest BCUT2D eigenvalue weighted by molar-refractivity contribution is 7.48. The first-order valence-electron chi connectivity index (χ1n) is 25.9. The first kappa shape index (κ1) is 59.8. The fraction of sp³-hybridized carbons (Fsp3) is 0.400. The summed E-state index contributed by atoms with van der Waals surface area (Å²) >= 11 is 0. The number of nitrogens with one attached hydrogen (secondary N) is 4. The van der Waals surface area contributed by atoms with Crippen molar-refractivity contribution in [3.8, 4) is 17.2 Å². The zero-order valence-corrected chi connectivity index (χ0v) is 48.1. The molecule has 6 aromatic rings. The maximum Gasteiger partial charge on any atom is 0.474 e. The van der Waals surface area contributed by atoms with Gasteiger partial charge >= 0.3 is 24.8 Å². The molecule has 2 fully saturated rings. The van der Waals surface area contributed by atoms with E-state index in [1.54, 1.807) is 75.7 Å². The number of nitro groups is 1. The summed E-state index contributed by atoms with van der Waals surface area (Å²) in [7, 11) is -2.87. The van der Waals surface area contributed by atoms with Crippen LogP contribution in [-0.2, 0) is 47.2 Å². The van der Waals surface area contributed by atoms with Gasteiger partial charge in [0.25, 0.3) is 11.5 Å². The van der Waals surface area contributed by atoms with E-state index in [0.717, 1.165) is 7.11 Å². The molecule has 8 rings (SSSR count). The van der Waals surface area contributed by atoms with Crippen molar-refractivity contribution < 1.29 is 60.7 Å². The predicted octanol–water partition coefficient (Wildman–Crippen LogP) is 7.94. The Bertz CT molecular complexity index is 3330. The van der Waals surface area contributed by atoms with Crippen molar-refractivity contribution in [1.29, 1.82) is 0 Å². The Kier molecular flexibility index (Phi) is 18.6. The van der Waals surface area contributed by atoms with Gasteiger partial charge in [0.2, 0.25) is 11.8 Å². The molecule has 81 heavy (non-hydrogen) atoms. The molecule has 432 valence electrons. The number of carbonyl (C=O) groups excluding carboxylic acids is 1. The molecule has 0 spiro atoms. The lowest BCUT2D eigenvalue weighted by molar-refractivity contribution is -0.385. The number of phosphoric acid groups is 1. The first-order valence-corrected chi connectivity index (χ1v) is 30.2. The highest BCUT2D eigenvalue weighted by Gasteiger charge is 2.49. The number of H-pyrrole nitrogens is 2. The lowest BCUT2D eigenvalue weighted by atomic mass is 9.79. The van der Waals surface area contributed by atoms with Gasteiger partial charge in [-0.25, -0.2) is 9.36 Å². The molecule has 0 aliphatic carbocycles. The number of hydrogen-bond donors (Lipinski definition) is 4. The SMILES string of the molecule is COc1ccc(C(O[C@H]2C[C@H](Nc3nc(NC(=O)COc4ccccc4)[nH]c(=O)c3[N+](=O)[O-])O[C@@H]2COP(=O)(OC)O[C@H]2C[C@H](n3cc(C)c(=O)[nH]c3=O)O[C@@H]2CO[Si](C)(C)C(C)(C)C)(c2ccccc2)c2ccc(OC)cc2)cc1. The third-order valence-corrected chi connectivity index (χ3v) is 20.3. The van der Waals surface area contributed by atoms with E-state index < -0.39 is 117 Å². The molecule has 4 aromatic carbocycles. The second-order valence-electron chi connectivity index (χ2n) is 20.7. The van der Waals surface area contributed by atoms with Crippen LogP contribution in [0.5, 0.6) is 17.2 Å². The van der Waals surface area contributed by atoms with Gasteiger partial charge in [0.05, 0.1) is 38.5 Å². The minimum atomic E-state index is -4.66. The number of aromatic nitrogens is 4. The van der Waals surface area contributed by atoms with Crippen molar-refractivity contribution in [3.63, 3.8) is 0 Å². The van der Waals surface area contributed by atoms with Gasteiger partial charge in [0.15, 0.2) is 14.9 Å². The molecule has 0 bridgehead atoms. The lowest BCUT2D eigenvalue weighted by Crippen LogP contribution is -2.44. The number of amides is 1. The van der Waals surface area contributed by atoms with E-state index in [2.05, 4.69) is 59.5 Å². The monoisotopic (exact) mass is 1160 g/mol. The molecular formula is C55H66N7O17PSi. The third kappa shape index (κ3) is 13.9. The Balaban J connectivity index is 1.15. The molecule has 1 amide bonds. The Hall–Kier alpha value is -7.32. The van der Waals surface area contributed by atoms with Crippen molar-refractivity contribution in [2.24, 2.45) is 0 Å². The molecule has 2 saturated heterocycles. The fourth-order valence-electron chi connectivity index (χ4n) is 9.01. The molecule has 2 aromatic heterocycles. The van der Waals surface area contributed by atoms with Crippen LogP contribution in [0.1, 0.15) is 62.1 Å².